The zero-order valence-corrected chi connectivity index (χ0v) is 12.1. The fraction of sp³-hybridized carbons (Fsp3) is 0.273. The van der Waals surface area contributed by atoms with Crippen molar-refractivity contribution in [2.45, 2.75) is 12.3 Å². The lowest BCUT2D eigenvalue weighted by Gasteiger charge is -2.15. The van der Waals surface area contributed by atoms with Crippen LogP contribution < -0.4 is 4.74 Å². The third-order valence-corrected chi connectivity index (χ3v) is 3.39. The first-order valence-electron chi connectivity index (χ1n) is 5.14. The lowest BCUT2D eigenvalue weighted by atomic mass is 10.2. The number of hydrogen-bond acceptors (Lipinski definition) is 3. The Labute approximate surface area is 124 Å². The van der Waals surface area contributed by atoms with E-state index in [1.807, 2.05) is 0 Å². The van der Waals surface area contributed by atoms with Gasteiger partial charge in [-0.25, -0.2) is 18.7 Å². The van der Waals surface area contributed by atoms with Crippen LogP contribution in [0.3, 0.4) is 0 Å². The van der Waals surface area contributed by atoms with Crippen molar-refractivity contribution in [3.63, 3.8) is 0 Å². The Morgan fingerprint density at radius 2 is 1.95 bits per heavy atom. The van der Waals surface area contributed by atoms with Gasteiger partial charge in [-0.2, -0.15) is 8.78 Å². The maximum absolute atomic E-state index is 13.3. The molecule has 0 unspecified atom stereocenters. The molecule has 0 aliphatic rings. The van der Waals surface area contributed by atoms with Crippen molar-refractivity contribution in [3.05, 3.63) is 27.6 Å². The van der Waals surface area contributed by atoms with Gasteiger partial charge in [-0.1, -0.05) is 11.6 Å². The second-order valence-electron chi connectivity index (χ2n) is 3.77. The highest BCUT2D eigenvalue weighted by Gasteiger charge is 2.46. The summed E-state index contributed by atoms with van der Waals surface area (Å²) in [6.45, 7) is 0. The highest BCUT2D eigenvalue weighted by Crippen LogP contribution is 2.37. The van der Waals surface area contributed by atoms with Crippen LogP contribution in [0.2, 0.25) is 5.15 Å². The van der Waals surface area contributed by atoms with E-state index in [4.69, 9.17) is 16.3 Å². The van der Waals surface area contributed by atoms with Gasteiger partial charge in [0.25, 0.3) is 0 Å². The summed E-state index contributed by atoms with van der Waals surface area (Å²) in [5.41, 5.74) is -0.0217. The highest BCUT2D eigenvalue weighted by atomic mass is 79.9. The molecule has 3 nitrogen and oxygen atoms in total. The molecule has 2 rings (SSSR count). The van der Waals surface area contributed by atoms with Crippen LogP contribution in [0.25, 0.3) is 10.9 Å². The molecule has 108 valence electrons. The monoisotopic (exact) mass is 372 g/mol. The van der Waals surface area contributed by atoms with Gasteiger partial charge in [-0.15, -0.1) is 0 Å². The summed E-state index contributed by atoms with van der Waals surface area (Å²) in [6, 6.07) is 2.83. The van der Waals surface area contributed by atoms with Gasteiger partial charge < -0.3 is 4.74 Å². The molecular formula is C11H6BrClF4N2O. The van der Waals surface area contributed by atoms with Gasteiger partial charge in [0.05, 0.1) is 18.0 Å². The minimum atomic E-state index is -4.48. The third kappa shape index (κ3) is 2.54. The Bertz CT molecular complexity index is 668. The number of benzene rings is 1. The van der Waals surface area contributed by atoms with E-state index in [1.165, 1.54) is 19.2 Å². The van der Waals surface area contributed by atoms with Gasteiger partial charge in [0.1, 0.15) is 10.9 Å². The van der Waals surface area contributed by atoms with E-state index in [0.717, 1.165) is 0 Å². The van der Waals surface area contributed by atoms with E-state index in [2.05, 4.69) is 25.9 Å². The number of aromatic nitrogens is 2. The molecule has 0 atom stereocenters. The molecule has 0 aliphatic heterocycles. The molecule has 0 saturated heterocycles. The maximum Gasteiger partial charge on any atom is 0.365 e. The molecule has 1 aromatic carbocycles. The fourth-order valence-corrected chi connectivity index (χ4v) is 2.52. The molecule has 20 heavy (non-hydrogen) atoms. The zero-order chi connectivity index (χ0) is 15.1. The smallest absolute Gasteiger partial charge is 0.365 e. The van der Waals surface area contributed by atoms with Crippen LogP contribution in [0.4, 0.5) is 17.6 Å². The Hall–Kier alpha value is -1.15. The van der Waals surface area contributed by atoms with E-state index in [1.54, 1.807) is 0 Å². The summed E-state index contributed by atoms with van der Waals surface area (Å²) in [6.07, 6.45) is -3.93. The first kappa shape index (κ1) is 15.2. The number of hydrogen-bond donors (Lipinski definition) is 0. The van der Waals surface area contributed by atoms with Crippen LogP contribution in [0.5, 0.6) is 5.75 Å². The Balaban J connectivity index is 2.74. The molecule has 0 radical (unpaired) electrons. The number of fused-ring (bicyclic) bond motifs is 1. The number of ether oxygens (including phenoxy) is 1. The summed E-state index contributed by atoms with van der Waals surface area (Å²) < 4.78 is 56.6. The molecule has 0 saturated carbocycles. The summed E-state index contributed by atoms with van der Waals surface area (Å²) in [7, 11) is 1.37. The average molecular weight is 374 g/mol. The SMILES string of the molecule is COc1cc(Br)c2c(Cl)nc(C(F)(F)C(F)F)nc2c1. The number of nitrogens with zero attached hydrogens (tertiary/aromatic N) is 2. The van der Waals surface area contributed by atoms with Gasteiger partial charge in [-0.3, -0.25) is 0 Å². The van der Waals surface area contributed by atoms with E-state index >= 15 is 0 Å². The van der Waals surface area contributed by atoms with Crippen LogP contribution in [-0.4, -0.2) is 23.5 Å². The van der Waals surface area contributed by atoms with Gasteiger partial charge in [-0.05, 0) is 22.0 Å². The molecule has 1 heterocycles. The molecule has 0 spiro atoms. The minimum absolute atomic E-state index is 0.0217. The van der Waals surface area contributed by atoms with E-state index < -0.39 is 18.2 Å². The van der Waals surface area contributed by atoms with Gasteiger partial charge >= 0.3 is 12.3 Å². The quantitative estimate of drug-likeness (QED) is 0.590. The number of alkyl halides is 4. The highest BCUT2D eigenvalue weighted by molar-refractivity contribution is 9.10. The lowest BCUT2D eigenvalue weighted by molar-refractivity contribution is -0.140. The Morgan fingerprint density at radius 3 is 2.50 bits per heavy atom. The summed E-state index contributed by atoms with van der Waals surface area (Å²) in [5.74, 6) is -5.50. The first-order chi connectivity index (χ1) is 9.27. The third-order valence-electron chi connectivity index (χ3n) is 2.49. The molecule has 0 fully saturated rings. The minimum Gasteiger partial charge on any atom is -0.497 e. The second-order valence-corrected chi connectivity index (χ2v) is 4.98. The first-order valence-corrected chi connectivity index (χ1v) is 6.31. The maximum atomic E-state index is 13.3. The van der Waals surface area contributed by atoms with Crippen LogP contribution in [0, 0.1) is 0 Å². The Kier molecular flexibility index (Phi) is 4.06. The van der Waals surface area contributed by atoms with Crippen molar-refractivity contribution in [2.24, 2.45) is 0 Å². The molecule has 0 N–H and O–H groups in total. The molecule has 0 amide bonds. The van der Waals surface area contributed by atoms with Crippen molar-refractivity contribution in [1.82, 2.24) is 9.97 Å². The number of halogens is 6. The van der Waals surface area contributed by atoms with Crippen molar-refractivity contribution in [3.8, 4) is 5.75 Å². The van der Waals surface area contributed by atoms with Crippen LogP contribution in [-0.2, 0) is 5.92 Å². The predicted molar refractivity (Wildman–Crippen MR) is 68.7 cm³/mol. The molecule has 9 heteroatoms. The predicted octanol–water partition coefficient (Wildman–Crippen LogP) is 4.41. The number of rotatable bonds is 3. The van der Waals surface area contributed by atoms with Crippen molar-refractivity contribution >= 4 is 38.4 Å². The lowest BCUT2D eigenvalue weighted by Crippen LogP contribution is -2.26. The molecule has 2 aromatic rings. The average Bonchev–Trinajstić information content (AvgIpc) is 2.37. The second kappa shape index (κ2) is 5.33. The van der Waals surface area contributed by atoms with E-state index in [-0.39, 0.29) is 16.1 Å². The van der Waals surface area contributed by atoms with Gasteiger partial charge in [0.15, 0.2) is 0 Å². The van der Waals surface area contributed by atoms with Crippen molar-refractivity contribution in [2.75, 3.05) is 7.11 Å². The summed E-state index contributed by atoms with van der Waals surface area (Å²) >= 11 is 8.94. The normalized spacial score (nSPS) is 12.2. The molecule has 1 aromatic heterocycles. The van der Waals surface area contributed by atoms with E-state index in [0.29, 0.717) is 10.2 Å². The van der Waals surface area contributed by atoms with Crippen molar-refractivity contribution < 1.29 is 22.3 Å². The van der Waals surface area contributed by atoms with Crippen LogP contribution in [0.1, 0.15) is 5.82 Å². The fourth-order valence-electron chi connectivity index (χ4n) is 1.51. The Morgan fingerprint density at radius 1 is 1.30 bits per heavy atom. The summed E-state index contributed by atoms with van der Waals surface area (Å²) in [4.78, 5) is 6.73. The van der Waals surface area contributed by atoms with Gasteiger partial charge in [0, 0.05) is 10.5 Å². The van der Waals surface area contributed by atoms with E-state index in [9.17, 15) is 17.6 Å². The van der Waals surface area contributed by atoms with Crippen LogP contribution in [0.15, 0.2) is 16.6 Å². The topological polar surface area (TPSA) is 35.0 Å². The molecule has 0 aliphatic carbocycles. The molecular weight excluding hydrogens is 367 g/mol. The largest absolute Gasteiger partial charge is 0.497 e. The van der Waals surface area contributed by atoms with Crippen molar-refractivity contribution in [1.29, 1.82) is 0 Å². The summed E-state index contributed by atoms with van der Waals surface area (Å²) in [5, 5.41) is -0.110. The van der Waals surface area contributed by atoms with Crippen LogP contribution >= 0.6 is 27.5 Å². The number of methoxy groups -OCH3 is 1. The zero-order valence-electron chi connectivity index (χ0n) is 9.80. The van der Waals surface area contributed by atoms with Gasteiger partial charge in [0.2, 0.25) is 5.82 Å². The molecule has 0 bridgehead atoms. The standard InChI is InChI=1S/C11H6BrClF4N2O/c1-20-4-2-5(12)7-6(3-4)18-10(19-8(7)13)11(16,17)9(14)15/h2-3,9H,1H3.